The Kier molecular flexibility index (Phi) is 10.1. The van der Waals surface area contributed by atoms with Crippen molar-refractivity contribution in [1.29, 1.82) is 0 Å². The van der Waals surface area contributed by atoms with Crippen LogP contribution >= 0.6 is 0 Å². The van der Waals surface area contributed by atoms with E-state index in [9.17, 15) is 0 Å². The maximum absolute atomic E-state index is 5.46. The molecule has 0 bridgehead atoms. The first-order valence-corrected chi connectivity index (χ1v) is 24.9. The molecular weight excluding hydrogens is 845 g/mol. The Morgan fingerprint density at radius 3 is 1.70 bits per heavy atom. The highest BCUT2D eigenvalue weighted by atomic mass is 14.9. The monoisotopic (exact) mass is 896 g/mol. The summed E-state index contributed by atoms with van der Waals surface area (Å²) in [6.07, 6.45) is 12.5. The highest BCUT2D eigenvalue weighted by Crippen LogP contribution is 2.64. The summed E-state index contributed by atoms with van der Waals surface area (Å²) < 4.78 is 0. The zero-order chi connectivity index (χ0) is 46.8. The predicted molar refractivity (Wildman–Crippen MR) is 290 cm³/mol. The molecule has 4 aliphatic rings. The van der Waals surface area contributed by atoms with Gasteiger partial charge in [-0.2, -0.15) is 0 Å². The van der Waals surface area contributed by atoms with Crippen LogP contribution in [-0.4, -0.2) is 9.97 Å². The van der Waals surface area contributed by atoms with E-state index in [4.69, 9.17) is 9.97 Å². The number of benzene rings is 8. The average Bonchev–Trinajstić information content (AvgIpc) is 3.74. The number of nitrogens with zero attached hydrogens (tertiary/aromatic N) is 2. The summed E-state index contributed by atoms with van der Waals surface area (Å²) in [6, 6.07) is 77.8. The molecule has 4 aliphatic carbocycles. The van der Waals surface area contributed by atoms with Crippen LogP contribution in [0.4, 0.5) is 0 Å². The maximum atomic E-state index is 5.46. The third kappa shape index (κ3) is 6.77. The minimum atomic E-state index is -0.465. The second-order valence-electron chi connectivity index (χ2n) is 19.9. The van der Waals surface area contributed by atoms with Gasteiger partial charge in [0.15, 0.2) is 5.82 Å². The van der Waals surface area contributed by atoms with Crippen LogP contribution in [0.15, 0.2) is 242 Å². The van der Waals surface area contributed by atoms with Crippen LogP contribution in [0.1, 0.15) is 89.1 Å². The molecule has 0 N–H and O–H groups in total. The van der Waals surface area contributed by atoms with E-state index in [0.717, 1.165) is 53.2 Å². The number of aromatic nitrogens is 2. The van der Waals surface area contributed by atoms with Crippen LogP contribution in [0.2, 0.25) is 0 Å². The Labute approximate surface area is 411 Å². The van der Waals surface area contributed by atoms with Crippen LogP contribution in [0.3, 0.4) is 0 Å². The molecule has 1 heterocycles. The van der Waals surface area contributed by atoms with Gasteiger partial charge >= 0.3 is 0 Å². The molecule has 8 aromatic carbocycles. The third-order valence-corrected chi connectivity index (χ3v) is 15.7. The summed E-state index contributed by atoms with van der Waals surface area (Å²) in [5, 5.41) is 0. The summed E-state index contributed by atoms with van der Waals surface area (Å²) in [7, 11) is 0. The minimum Gasteiger partial charge on any atom is -0.228 e. The van der Waals surface area contributed by atoms with Crippen LogP contribution in [0.5, 0.6) is 0 Å². The quantitative estimate of drug-likeness (QED) is 0.159. The number of rotatable bonds is 7. The molecule has 0 amide bonds. The van der Waals surface area contributed by atoms with E-state index in [1.54, 1.807) is 0 Å². The maximum Gasteiger partial charge on any atom is 0.160 e. The van der Waals surface area contributed by atoms with Gasteiger partial charge < -0.3 is 0 Å². The van der Waals surface area contributed by atoms with Gasteiger partial charge in [0.2, 0.25) is 0 Å². The van der Waals surface area contributed by atoms with Crippen molar-refractivity contribution in [3.63, 3.8) is 0 Å². The Balaban J connectivity index is 0.937. The van der Waals surface area contributed by atoms with Gasteiger partial charge in [0, 0.05) is 28.0 Å². The molecule has 2 nitrogen and oxygen atoms in total. The number of allylic oxidation sites excluding steroid dienone is 8. The van der Waals surface area contributed by atoms with Gasteiger partial charge in [-0.15, -0.1) is 0 Å². The Hall–Kier alpha value is -8.20. The molecule has 0 radical (unpaired) electrons. The molecular formula is C68H52N2. The Morgan fingerprint density at radius 1 is 0.457 bits per heavy atom. The van der Waals surface area contributed by atoms with E-state index in [1.807, 2.05) is 0 Å². The first-order valence-electron chi connectivity index (χ1n) is 24.9. The van der Waals surface area contributed by atoms with Crippen LogP contribution < -0.4 is 0 Å². The SMILES string of the molecule is CC1(C)c2ccccc2C2(C3=C(C=C(c4ccc(C5=CCC(c6cccc(-c7ccccc7)c6)C=C5)cc4)CC3)c3c(-c4cc(-c5ccccc5)nc(-c5ccccc5)n4)cccc32)c2ccccc21. The zero-order valence-electron chi connectivity index (χ0n) is 39.6. The van der Waals surface area contributed by atoms with Crippen molar-refractivity contribution in [1.82, 2.24) is 9.97 Å². The van der Waals surface area contributed by atoms with Gasteiger partial charge in [-0.1, -0.05) is 244 Å². The molecule has 9 aromatic rings. The normalized spacial score (nSPS) is 17.0. The molecule has 334 valence electrons. The highest BCUT2D eigenvalue weighted by molar-refractivity contribution is 6.01. The molecule has 2 heteroatoms. The lowest BCUT2D eigenvalue weighted by Crippen LogP contribution is -2.41. The number of hydrogen-bond donors (Lipinski definition) is 0. The minimum absolute atomic E-state index is 0.171. The topological polar surface area (TPSA) is 25.8 Å². The molecule has 70 heavy (non-hydrogen) atoms. The average molecular weight is 897 g/mol. The molecule has 13 rings (SSSR count). The van der Waals surface area contributed by atoms with Gasteiger partial charge in [0.25, 0.3) is 0 Å². The molecule has 1 atom stereocenters. The van der Waals surface area contributed by atoms with Crippen molar-refractivity contribution in [3.05, 3.63) is 292 Å². The van der Waals surface area contributed by atoms with Gasteiger partial charge in [-0.3, -0.25) is 0 Å². The molecule has 0 saturated carbocycles. The van der Waals surface area contributed by atoms with Gasteiger partial charge in [-0.25, -0.2) is 9.97 Å². The van der Waals surface area contributed by atoms with Crippen molar-refractivity contribution in [2.24, 2.45) is 0 Å². The van der Waals surface area contributed by atoms with E-state index in [0.29, 0.717) is 5.92 Å². The fourth-order valence-electron chi connectivity index (χ4n) is 12.3. The van der Waals surface area contributed by atoms with Crippen molar-refractivity contribution in [2.45, 2.75) is 49.9 Å². The first-order chi connectivity index (χ1) is 34.4. The Morgan fingerprint density at radius 2 is 1.03 bits per heavy atom. The van der Waals surface area contributed by atoms with Crippen molar-refractivity contribution >= 4 is 16.7 Å². The van der Waals surface area contributed by atoms with Crippen LogP contribution in [0.25, 0.3) is 61.7 Å². The molecule has 0 fully saturated rings. The fraction of sp³-hybridized carbons (Fsp3) is 0.118. The standard InChI is InChI=1S/C68H52N2/c1-67(2)58-27-12-14-29-60(58)68(61-30-15-13-28-59(61)67)57-41-40-54(49-38-34-47(35-39-49)46-32-36-48(37-33-46)53-25-16-24-52(42-53)45-18-6-3-7-19-45)43-56(57)65-55(26-17-31-62(65)68)64-44-63(50-20-8-4-9-21-50)69-66(70-64)51-22-10-5-11-23-51/h3-36,38-39,42-44,48H,37,40-41H2,1-2H3. The summed E-state index contributed by atoms with van der Waals surface area (Å²) in [6.45, 7) is 4.81. The van der Waals surface area contributed by atoms with E-state index in [2.05, 4.69) is 250 Å². The highest BCUT2D eigenvalue weighted by Gasteiger charge is 2.54. The smallest absolute Gasteiger partial charge is 0.160 e. The van der Waals surface area contributed by atoms with Gasteiger partial charge in [-0.05, 0) is 109 Å². The first kappa shape index (κ1) is 41.9. The summed E-state index contributed by atoms with van der Waals surface area (Å²) in [5.74, 6) is 1.08. The number of fused-ring (bicyclic) bond motifs is 8. The van der Waals surface area contributed by atoms with Crippen molar-refractivity contribution in [3.8, 4) is 45.0 Å². The molecule has 1 spiro atoms. The summed E-state index contributed by atoms with van der Waals surface area (Å²) in [4.78, 5) is 10.7. The van der Waals surface area contributed by atoms with E-state index in [1.165, 1.54) is 83.5 Å². The largest absolute Gasteiger partial charge is 0.228 e. The van der Waals surface area contributed by atoms with E-state index >= 15 is 0 Å². The van der Waals surface area contributed by atoms with Gasteiger partial charge in [0.1, 0.15) is 0 Å². The van der Waals surface area contributed by atoms with Crippen molar-refractivity contribution < 1.29 is 0 Å². The molecule has 0 aliphatic heterocycles. The van der Waals surface area contributed by atoms with Gasteiger partial charge in [0.05, 0.1) is 16.8 Å². The lowest BCUT2D eigenvalue weighted by Gasteiger charge is -2.48. The lowest BCUT2D eigenvalue weighted by atomic mass is 9.54. The fourth-order valence-corrected chi connectivity index (χ4v) is 12.3. The predicted octanol–water partition coefficient (Wildman–Crippen LogP) is 16.9. The Bertz CT molecular complexity index is 3520. The summed E-state index contributed by atoms with van der Waals surface area (Å²) in [5.41, 5.74) is 24.4. The molecule has 0 saturated heterocycles. The molecule has 1 unspecified atom stereocenters. The second-order valence-corrected chi connectivity index (χ2v) is 19.9. The summed E-state index contributed by atoms with van der Waals surface area (Å²) >= 11 is 0. The van der Waals surface area contributed by atoms with E-state index < -0.39 is 5.41 Å². The number of hydrogen-bond acceptors (Lipinski definition) is 2. The van der Waals surface area contributed by atoms with Crippen molar-refractivity contribution in [2.75, 3.05) is 0 Å². The van der Waals surface area contributed by atoms with Crippen LogP contribution in [-0.2, 0) is 10.8 Å². The van der Waals surface area contributed by atoms with E-state index in [-0.39, 0.29) is 5.41 Å². The second kappa shape index (κ2) is 16.8. The third-order valence-electron chi connectivity index (χ3n) is 15.7. The zero-order valence-corrected chi connectivity index (χ0v) is 39.6. The lowest BCUT2D eigenvalue weighted by molar-refractivity contribution is 0.550. The van der Waals surface area contributed by atoms with Crippen LogP contribution in [0, 0.1) is 0 Å². The molecule has 1 aromatic heterocycles.